The van der Waals surface area contributed by atoms with Gasteiger partial charge >= 0.3 is 0 Å². The Bertz CT molecular complexity index is 1310. The topological polar surface area (TPSA) is 123 Å². The maximum Gasteiger partial charge on any atom is 0.269 e. The zero-order valence-corrected chi connectivity index (χ0v) is 18.8. The van der Waals surface area contributed by atoms with E-state index < -0.39 is 17.8 Å². The van der Waals surface area contributed by atoms with Crippen LogP contribution >= 0.6 is 11.6 Å². The number of carbonyl (C=O) groups is 3. The molecule has 5 rings (SSSR count). The molecule has 2 bridgehead atoms. The van der Waals surface area contributed by atoms with E-state index in [4.69, 9.17) is 17.3 Å². The second-order valence-electron chi connectivity index (χ2n) is 8.67. The van der Waals surface area contributed by atoms with Gasteiger partial charge in [-0.1, -0.05) is 23.7 Å². The normalized spacial score (nSPS) is 21.2. The standard InChI is InChI=1S/C23H22ClFN6O3/c24-16-3-1-2-13(19(16)25)9-28-23(34)21-12-4-5-14(8-12)31(21)18(32)11-30-17-6-7-27-10-15(17)20(29-30)22(26)33/h1-3,6-7,10,12,14,21H,4-5,8-9,11H2,(H2,26,33)(H,28,34)/t12-,14+,21-/m0/s1. The summed E-state index contributed by atoms with van der Waals surface area (Å²) in [4.78, 5) is 43.9. The Kier molecular flexibility index (Phi) is 5.68. The molecular weight excluding hydrogens is 463 g/mol. The van der Waals surface area contributed by atoms with Crippen molar-refractivity contribution in [2.75, 3.05) is 0 Å². The van der Waals surface area contributed by atoms with Crippen LogP contribution in [0.25, 0.3) is 10.9 Å². The lowest BCUT2D eigenvalue weighted by Gasteiger charge is -2.34. The third-order valence-corrected chi connectivity index (χ3v) is 6.99. The van der Waals surface area contributed by atoms with Crippen molar-refractivity contribution in [3.05, 3.63) is 58.8 Å². The van der Waals surface area contributed by atoms with Crippen molar-refractivity contribution < 1.29 is 18.8 Å². The Morgan fingerprint density at radius 3 is 2.85 bits per heavy atom. The lowest BCUT2D eigenvalue weighted by atomic mass is 9.97. The van der Waals surface area contributed by atoms with E-state index in [9.17, 15) is 18.8 Å². The second-order valence-corrected chi connectivity index (χ2v) is 9.07. The van der Waals surface area contributed by atoms with Crippen molar-refractivity contribution in [1.82, 2.24) is 25.0 Å². The van der Waals surface area contributed by atoms with E-state index in [1.54, 1.807) is 29.3 Å². The first-order chi connectivity index (χ1) is 16.3. The summed E-state index contributed by atoms with van der Waals surface area (Å²) in [6, 6.07) is 5.57. The zero-order chi connectivity index (χ0) is 24.0. The molecule has 34 heavy (non-hydrogen) atoms. The summed E-state index contributed by atoms with van der Waals surface area (Å²) < 4.78 is 15.6. The highest BCUT2D eigenvalue weighted by Gasteiger charge is 2.51. The van der Waals surface area contributed by atoms with Crippen LogP contribution in [0.4, 0.5) is 4.39 Å². The van der Waals surface area contributed by atoms with Crippen LogP contribution < -0.4 is 11.1 Å². The summed E-state index contributed by atoms with van der Waals surface area (Å²) in [5.74, 6) is -1.85. The van der Waals surface area contributed by atoms with Crippen molar-refractivity contribution in [3.8, 4) is 0 Å². The smallest absolute Gasteiger partial charge is 0.269 e. The number of hydrogen-bond donors (Lipinski definition) is 2. The molecule has 2 aliphatic rings. The Hall–Kier alpha value is -3.53. The van der Waals surface area contributed by atoms with Crippen molar-refractivity contribution in [1.29, 1.82) is 0 Å². The average Bonchev–Trinajstić information content (AvgIpc) is 3.53. The Morgan fingerprint density at radius 1 is 1.24 bits per heavy atom. The molecule has 3 N–H and O–H groups in total. The highest BCUT2D eigenvalue weighted by Crippen LogP contribution is 2.42. The largest absolute Gasteiger partial charge is 0.364 e. The lowest BCUT2D eigenvalue weighted by Crippen LogP contribution is -2.53. The monoisotopic (exact) mass is 484 g/mol. The number of rotatable bonds is 6. The fraction of sp³-hybridized carbons (Fsp3) is 0.348. The molecule has 1 aromatic carbocycles. The van der Waals surface area contributed by atoms with Gasteiger partial charge in [0, 0.05) is 30.5 Å². The number of nitrogens with two attached hydrogens (primary N) is 1. The van der Waals surface area contributed by atoms with Crippen LogP contribution in [0.1, 0.15) is 35.3 Å². The number of pyridine rings is 1. The molecule has 2 aromatic heterocycles. The number of likely N-dealkylation sites (tertiary alicyclic amines) is 1. The first-order valence-electron chi connectivity index (χ1n) is 11.0. The summed E-state index contributed by atoms with van der Waals surface area (Å²) in [5.41, 5.74) is 6.30. The van der Waals surface area contributed by atoms with Crippen LogP contribution in [0, 0.1) is 11.7 Å². The quantitative estimate of drug-likeness (QED) is 0.554. The molecule has 1 aliphatic carbocycles. The predicted octanol–water partition coefficient (Wildman–Crippen LogP) is 2.02. The van der Waals surface area contributed by atoms with Crippen LogP contribution in [0.15, 0.2) is 36.7 Å². The number of halogens is 2. The zero-order valence-electron chi connectivity index (χ0n) is 18.1. The number of nitrogens with one attached hydrogen (secondary N) is 1. The van der Waals surface area contributed by atoms with Gasteiger partial charge in [0.1, 0.15) is 18.4 Å². The Labute approximate surface area is 199 Å². The fourth-order valence-electron chi connectivity index (χ4n) is 5.19. The number of piperidine rings is 1. The molecule has 0 radical (unpaired) electrons. The van der Waals surface area contributed by atoms with E-state index in [0.717, 1.165) is 19.3 Å². The van der Waals surface area contributed by atoms with Gasteiger partial charge in [0.05, 0.1) is 15.9 Å². The number of nitrogens with zero attached hydrogens (tertiary/aromatic N) is 4. The lowest BCUT2D eigenvalue weighted by molar-refractivity contribution is -0.143. The number of carbonyl (C=O) groups excluding carboxylic acids is 3. The minimum atomic E-state index is -0.713. The van der Waals surface area contributed by atoms with Crippen LogP contribution in [0.3, 0.4) is 0 Å². The molecule has 176 valence electrons. The molecule has 2 fully saturated rings. The van der Waals surface area contributed by atoms with Gasteiger partial charge in [-0.25, -0.2) is 4.39 Å². The van der Waals surface area contributed by atoms with Gasteiger partial charge in [0.25, 0.3) is 5.91 Å². The molecule has 1 saturated heterocycles. The summed E-state index contributed by atoms with van der Waals surface area (Å²) >= 11 is 5.83. The predicted molar refractivity (Wildman–Crippen MR) is 121 cm³/mol. The first-order valence-corrected chi connectivity index (χ1v) is 11.3. The van der Waals surface area contributed by atoms with Gasteiger partial charge in [0.15, 0.2) is 5.69 Å². The molecule has 3 atom stereocenters. The highest BCUT2D eigenvalue weighted by atomic mass is 35.5. The third-order valence-electron chi connectivity index (χ3n) is 6.70. The molecule has 1 aliphatic heterocycles. The van der Waals surface area contributed by atoms with Crippen molar-refractivity contribution >= 4 is 40.2 Å². The number of benzene rings is 1. The number of amides is 3. The van der Waals surface area contributed by atoms with Crippen LogP contribution in [0.2, 0.25) is 5.02 Å². The molecular formula is C23H22ClFN6O3. The van der Waals surface area contributed by atoms with Gasteiger partial charge in [-0.05, 0) is 37.3 Å². The number of hydrogen-bond acceptors (Lipinski definition) is 5. The van der Waals surface area contributed by atoms with Gasteiger partial charge in [-0.15, -0.1) is 0 Å². The number of primary amides is 1. The summed E-state index contributed by atoms with van der Waals surface area (Å²) in [6.45, 7) is -0.177. The maximum atomic E-state index is 14.2. The summed E-state index contributed by atoms with van der Waals surface area (Å²) in [5, 5.41) is 7.44. The summed E-state index contributed by atoms with van der Waals surface area (Å²) in [6.07, 6.45) is 5.43. The molecule has 11 heteroatoms. The van der Waals surface area contributed by atoms with Crippen molar-refractivity contribution in [3.63, 3.8) is 0 Å². The van der Waals surface area contributed by atoms with E-state index >= 15 is 0 Å². The SMILES string of the molecule is NC(=O)c1nn(CC(=O)N2[C@@H]3CC[C@@H](C3)[C@H]2C(=O)NCc2cccc(Cl)c2F)c2ccncc12. The van der Waals surface area contributed by atoms with E-state index in [1.807, 2.05) is 0 Å². The Balaban J connectivity index is 1.36. The molecule has 3 amide bonds. The minimum Gasteiger partial charge on any atom is -0.364 e. The molecule has 0 spiro atoms. The third kappa shape index (κ3) is 3.77. The molecule has 9 nitrogen and oxygen atoms in total. The van der Waals surface area contributed by atoms with Gasteiger partial charge < -0.3 is 16.0 Å². The van der Waals surface area contributed by atoms with E-state index in [2.05, 4.69) is 15.4 Å². The van der Waals surface area contributed by atoms with Gasteiger partial charge in [-0.3, -0.25) is 24.0 Å². The average molecular weight is 485 g/mol. The van der Waals surface area contributed by atoms with E-state index in [-0.39, 0.29) is 53.1 Å². The van der Waals surface area contributed by atoms with Gasteiger partial charge in [0.2, 0.25) is 11.8 Å². The van der Waals surface area contributed by atoms with Gasteiger partial charge in [-0.2, -0.15) is 5.10 Å². The maximum absolute atomic E-state index is 14.2. The van der Waals surface area contributed by atoms with Crippen LogP contribution in [-0.2, 0) is 22.7 Å². The fourth-order valence-corrected chi connectivity index (χ4v) is 5.39. The minimum absolute atomic E-state index is 0.0135. The van der Waals surface area contributed by atoms with Crippen molar-refractivity contribution in [2.45, 2.75) is 44.4 Å². The molecule has 0 unspecified atom stereocenters. The van der Waals surface area contributed by atoms with E-state index in [1.165, 1.54) is 16.9 Å². The van der Waals surface area contributed by atoms with Crippen LogP contribution in [0.5, 0.6) is 0 Å². The van der Waals surface area contributed by atoms with Crippen molar-refractivity contribution in [2.24, 2.45) is 11.7 Å². The van der Waals surface area contributed by atoms with Crippen LogP contribution in [-0.4, -0.2) is 49.5 Å². The second kappa shape index (κ2) is 8.68. The molecule has 3 aromatic rings. The summed E-state index contributed by atoms with van der Waals surface area (Å²) in [7, 11) is 0. The highest BCUT2D eigenvalue weighted by molar-refractivity contribution is 6.30. The molecule has 1 saturated carbocycles. The first kappa shape index (κ1) is 22.3. The number of aromatic nitrogens is 3. The van der Waals surface area contributed by atoms with E-state index in [0.29, 0.717) is 10.9 Å². The Morgan fingerprint density at radius 2 is 2.06 bits per heavy atom. The molecule has 3 heterocycles. The number of fused-ring (bicyclic) bond motifs is 3.